The maximum absolute atomic E-state index is 12.9. The van der Waals surface area contributed by atoms with Gasteiger partial charge in [0.2, 0.25) is 11.8 Å². The molecule has 2 rings (SSSR count). The highest BCUT2D eigenvalue weighted by Gasteiger charge is 2.33. The van der Waals surface area contributed by atoms with Crippen LogP contribution in [0.4, 0.5) is 4.79 Å². The van der Waals surface area contributed by atoms with Gasteiger partial charge in [-0.2, -0.15) is 0 Å². The number of nitrogens with one attached hydrogen (secondary N) is 1. The summed E-state index contributed by atoms with van der Waals surface area (Å²) in [4.78, 5) is 40.5. The minimum absolute atomic E-state index is 0.0212. The lowest BCUT2D eigenvalue weighted by Gasteiger charge is -2.38. The highest BCUT2D eigenvalue weighted by molar-refractivity contribution is 5.79. The molecule has 3 amide bonds. The summed E-state index contributed by atoms with van der Waals surface area (Å²) >= 11 is 0. The van der Waals surface area contributed by atoms with Crippen LogP contribution in [0.3, 0.4) is 0 Å². The molecule has 2 aliphatic rings. The Morgan fingerprint density at radius 3 is 2.32 bits per heavy atom. The topological polar surface area (TPSA) is 79.0 Å². The van der Waals surface area contributed by atoms with Crippen LogP contribution in [0.25, 0.3) is 0 Å². The number of carbonyl (C=O) groups is 3. The molecule has 0 radical (unpaired) electrons. The minimum atomic E-state index is -0.501. The van der Waals surface area contributed by atoms with Crippen LogP contribution in [0.5, 0.6) is 0 Å². The highest BCUT2D eigenvalue weighted by atomic mass is 16.6. The number of hydrogen-bond donors (Lipinski definition) is 1. The fraction of sp³-hybridized carbons (Fsp3) is 0.857. The predicted octanol–water partition coefficient (Wildman–Crippen LogP) is 2.79. The van der Waals surface area contributed by atoms with Gasteiger partial charge in [-0.1, -0.05) is 6.92 Å². The molecule has 7 nitrogen and oxygen atoms in total. The largest absolute Gasteiger partial charge is 0.444 e. The van der Waals surface area contributed by atoms with Gasteiger partial charge in [-0.25, -0.2) is 4.79 Å². The van der Waals surface area contributed by atoms with Crippen LogP contribution in [0.2, 0.25) is 0 Å². The second kappa shape index (κ2) is 10.1. The molecular formula is C21H37N3O4. The fourth-order valence-electron chi connectivity index (χ4n) is 3.90. The van der Waals surface area contributed by atoms with Crippen molar-refractivity contribution in [2.24, 2.45) is 11.8 Å². The smallest absolute Gasteiger partial charge is 0.410 e. The van der Waals surface area contributed by atoms with E-state index in [0.717, 1.165) is 32.4 Å². The molecule has 0 aromatic heterocycles. The normalized spacial score (nSPS) is 21.4. The zero-order valence-corrected chi connectivity index (χ0v) is 18.0. The van der Waals surface area contributed by atoms with Crippen molar-refractivity contribution < 1.29 is 19.1 Å². The van der Waals surface area contributed by atoms with Crippen molar-refractivity contribution in [1.29, 1.82) is 0 Å². The zero-order valence-electron chi connectivity index (χ0n) is 18.0. The molecule has 1 N–H and O–H groups in total. The van der Waals surface area contributed by atoms with Gasteiger partial charge in [0.05, 0.1) is 0 Å². The molecule has 0 spiro atoms. The van der Waals surface area contributed by atoms with E-state index in [4.69, 9.17) is 4.74 Å². The standard InChI is InChI=1S/C21H37N3O4/c1-5-7-18(25)22-14-16-8-6-11-24(15-16)19(26)17-9-12-23(13-10-17)20(27)28-21(2,3)4/h16-17H,5-15H2,1-4H3,(H,22,25). The van der Waals surface area contributed by atoms with Crippen molar-refractivity contribution in [3.63, 3.8) is 0 Å². The van der Waals surface area contributed by atoms with Crippen LogP contribution >= 0.6 is 0 Å². The van der Waals surface area contributed by atoms with E-state index >= 15 is 0 Å². The number of hydrogen-bond acceptors (Lipinski definition) is 4. The molecule has 1 atom stereocenters. The molecule has 2 heterocycles. The van der Waals surface area contributed by atoms with Crippen molar-refractivity contribution in [2.75, 3.05) is 32.7 Å². The Morgan fingerprint density at radius 1 is 1.04 bits per heavy atom. The Labute approximate surface area is 169 Å². The lowest BCUT2D eigenvalue weighted by atomic mass is 9.92. The number of rotatable bonds is 5. The van der Waals surface area contributed by atoms with E-state index in [2.05, 4.69) is 5.32 Å². The predicted molar refractivity (Wildman–Crippen MR) is 108 cm³/mol. The molecular weight excluding hydrogens is 358 g/mol. The van der Waals surface area contributed by atoms with Crippen LogP contribution in [0, 0.1) is 11.8 Å². The summed E-state index contributed by atoms with van der Waals surface area (Å²) in [5.41, 5.74) is -0.501. The van der Waals surface area contributed by atoms with Crippen molar-refractivity contribution >= 4 is 17.9 Å². The summed E-state index contributed by atoms with van der Waals surface area (Å²) in [7, 11) is 0. The van der Waals surface area contributed by atoms with E-state index < -0.39 is 5.60 Å². The number of ether oxygens (including phenoxy) is 1. The van der Waals surface area contributed by atoms with Crippen molar-refractivity contribution in [2.45, 2.75) is 71.8 Å². The van der Waals surface area contributed by atoms with Crippen LogP contribution < -0.4 is 5.32 Å². The number of likely N-dealkylation sites (tertiary alicyclic amines) is 2. The fourth-order valence-corrected chi connectivity index (χ4v) is 3.90. The first kappa shape index (κ1) is 22.5. The van der Waals surface area contributed by atoms with Gasteiger partial charge < -0.3 is 19.9 Å². The van der Waals surface area contributed by atoms with Crippen LogP contribution in [-0.4, -0.2) is 66.0 Å². The van der Waals surface area contributed by atoms with Gasteiger partial charge in [0.1, 0.15) is 5.60 Å². The van der Waals surface area contributed by atoms with Gasteiger partial charge in [-0.05, 0) is 58.8 Å². The SMILES string of the molecule is CCCC(=O)NCC1CCCN(C(=O)C2CCN(C(=O)OC(C)(C)C)CC2)C1. The molecule has 0 saturated carbocycles. The van der Waals surface area contributed by atoms with Gasteiger partial charge in [0, 0.05) is 45.1 Å². The summed E-state index contributed by atoms with van der Waals surface area (Å²) in [5.74, 6) is 0.612. The maximum Gasteiger partial charge on any atom is 0.410 e. The average Bonchev–Trinajstić information content (AvgIpc) is 2.65. The molecule has 2 fully saturated rings. The Hall–Kier alpha value is -1.79. The Morgan fingerprint density at radius 2 is 1.71 bits per heavy atom. The van der Waals surface area contributed by atoms with Gasteiger partial charge in [-0.3, -0.25) is 9.59 Å². The van der Waals surface area contributed by atoms with Crippen molar-refractivity contribution in [3.8, 4) is 0 Å². The van der Waals surface area contributed by atoms with Crippen LogP contribution in [0.1, 0.15) is 66.2 Å². The third kappa shape index (κ3) is 6.99. The Kier molecular flexibility index (Phi) is 8.13. The third-order valence-corrected chi connectivity index (χ3v) is 5.39. The van der Waals surface area contributed by atoms with Gasteiger partial charge in [0.15, 0.2) is 0 Å². The molecule has 160 valence electrons. The van der Waals surface area contributed by atoms with E-state index in [1.165, 1.54) is 0 Å². The van der Waals surface area contributed by atoms with Gasteiger partial charge in [0.25, 0.3) is 0 Å². The first-order valence-corrected chi connectivity index (χ1v) is 10.7. The second-order valence-electron chi connectivity index (χ2n) is 9.09. The molecule has 1 unspecified atom stereocenters. The number of amides is 3. The zero-order chi connectivity index (χ0) is 20.7. The highest BCUT2D eigenvalue weighted by Crippen LogP contribution is 2.24. The molecule has 0 bridgehead atoms. The van der Waals surface area contributed by atoms with E-state index in [1.807, 2.05) is 32.6 Å². The summed E-state index contributed by atoms with van der Waals surface area (Å²) < 4.78 is 5.42. The maximum atomic E-state index is 12.9. The third-order valence-electron chi connectivity index (χ3n) is 5.39. The second-order valence-corrected chi connectivity index (χ2v) is 9.09. The quantitative estimate of drug-likeness (QED) is 0.776. The van der Waals surface area contributed by atoms with Gasteiger partial charge >= 0.3 is 6.09 Å². The van der Waals surface area contributed by atoms with Crippen LogP contribution in [-0.2, 0) is 14.3 Å². The van der Waals surface area contributed by atoms with Gasteiger partial charge in [-0.15, -0.1) is 0 Å². The molecule has 7 heteroatoms. The Balaban J connectivity index is 1.78. The molecule has 2 aliphatic heterocycles. The van der Waals surface area contributed by atoms with E-state index in [9.17, 15) is 14.4 Å². The first-order valence-electron chi connectivity index (χ1n) is 10.7. The molecule has 28 heavy (non-hydrogen) atoms. The van der Waals surface area contributed by atoms with Crippen molar-refractivity contribution in [1.82, 2.24) is 15.1 Å². The molecule has 0 aromatic carbocycles. The lowest BCUT2D eigenvalue weighted by molar-refractivity contribution is -0.138. The molecule has 0 aliphatic carbocycles. The minimum Gasteiger partial charge on any atom is -0.444 e. The summed E-state index contributed by atoms with van der Waals surface area (Å²) in [6.07, 6.45) is 4.52. The first-order chi connectivity index (χ1) is 13.2. The number of carbonyl (C=O) groups excluding carboxylic acids is 3. The Bertz CT molecular complexity index is 550. The van der Waals surface area contributed by atoms with E-state index in [0.29, 0.717) is 44.8 Å². The summed E-state index contributed by atoms with van der Waals surface area (Å²) in [6.45, 7) is 10.9. The monoisotopic (exact) mass is 395 g/mol. The van der Waals surface area contributed by atoms with Crippen LogP contribution in [0.15, 0.2) is 0 Å². The molecule has 2 saturated heterocycles. The lowest BCUT2D eigenvalue weighted by Crippen LogP contribution is -2.49. The number of nitrogens with zero attached hydrogens (tertiary/aromatic N) is 2. The summed E-state index contributed by atoms with van der Waals surface area (Å²) in [5, 5.41) is 2.99. The van der Waals surface area contributed by atoms with Crippen molar-refractivity contribution in [3.05, 3.63) is 0 Å². The number of piperidine rings is 2. The van der Waals surface area contributed by atoms with E-state index in [-0.39, 0.29) is 23.8 Å². The van der Waals surface area contributed by atoms with E-state index in [1.54, 1.807) is 4.90 Å². The molecule has 0 aromatic rings. The summed E-state index contributed by atoms with van der Waals surface area (Å²) in [6, 6.07) is 0. The average molecular weight is 396 g/mol.